The fraction of sp³-hybridized carbons (Fsp3) is 0.250. The van der Waals surface area contributed by atoms with Gasteiger partial charge in [-0.25, -0.2) is 8.42 Å². The average molecular weight is 335 g/mol. The first-order valence-electron chi connectivity index (χ1n) is 6.11. The molecule has 120 valence electrons. The van der Waals surface area contributed by atoms with E-state index in [1.165, 1.54) is 29.2 Å². The molecule has 2 rings (SSSR count). The molecular formula is C12H12F3N3O3S. The van der Waals surface area contributed by atoms with Crippen LogP contribution in [-0.4, -0.2) is 24.6 Å². The summed E-state index contributed by atoms with van der Waals surface area (Å²) in [5, 5.41) is 3.85. The fourth-order valence-corrected chi connectivity index (χ4v) is 2.61. The summed E-state index contributed by atoms with van der Waals surface area (Å²) in [6, 6.07) is 4.37. The zero-order valence-electron chi connectivity index (χ0n) is 11.3. The van der Waals surface area contributed by atoms with Crippen molar-refractivity contribution in [3.63, 3.8) is 0 Å². The third-order valence-corrected chi connectivity index (χ3v) is 3.92. The molecule has 0 aliphatic heterocycles. The van der Waals surface area contributed by atoms with Crippen molar-refractivity contribution in [1.82, 2.24) is 9.78 Å². The van der Waals surface area contributed by atoms with Crippen LogP contribution in [0, 0.1) is 0 Å². The van der Waals surface area contributed by atoms with Gasteiger partial charge in [-0.05, 0) is 31.2 Å². The van der Waals surface area contributed by atoms with Crippen LogP contribution < -0.4 is 9.46 Å². The van der Waals surface area contributed by atoms with Crippen LogP contribution in [0.3, 0.4) is 0 Å². The molecule has 22 heavy (non-hydrogen) atoms. The molecule has 0 bridgehead atoms. The van der Waals surface area contributed by atoms with E-state index >= 15 is 0 Å². The highest BCUT2D eigenvalue weighted by atomic mass is 32.2. The van der Waals surface area contributed by atoms with Crippen LogP contribution in [0.15, 0.2) is 41.6 Å². The van der Waals surface area contributed by atoms with E-state index in [0.29, 0.717) is 6.54 Å². The van der Waals surface area contributed by atoms with E-state index < -0.39 is 22.1 Å². The van der Waals surface area contributed by atoms with Gasteiger partial charge < -0.3 is 4.74 Å². The van der Waals surface area contributed by atoms with Gasteiger partial charge in [-0.2, -0.15) is 5.10 Å². The highest BCUT2D eigenvalue weighted by Crippen LogP contribution is 2.24. The second-order valence-corrected chi connectivity index (χ2v) is 5.89. The maximum absolute atomic E-state index is 12.1. The lowest BCUT2D eigenvalue weighted by molar-refractivity contribution is -0.274. The van der Waals surface area contributed by atoms with Crippen LogP contribution in [0.2, 0.25) is 0 Å². The average Bonchev–Trinajstić information content (AvgIpc) is 2.89. The number of hydrogen-bond donors (Lipinski definition) is 1. The van der Waals surface area contributed by atoms with Crippen molar-refractivity contribution in [3.8, 4) is 5.75 Å². The monoisotopic (exact) mass is 335 g/mol. The first-order chi connectivity index (χ1) is 10.2. The third-order valence-electron chi connectivity index (χ3n) is 2.58. The quantitative estimate of drug-likeness (QED) is 0.911. The molecular weight excluding hydrogens is 323 g/mol. The summed E-state index contributed by atoms with van der Waals surface area (Å²) in [6.07, 6.45) is -2.26. The van der Waals surface area contributed by atoms with Gasteiger partial charge in [-0.3, -0.25) is 9.40 Å². The predicted octanol–water partition coefficient (Wildman–Crippen LogP) is 2.60. The zero-order chi connectivity index (χ0) is 16.4. The molecule has 0 saturated heterocycles. The molecule has 1 N–H and O–H groups in total. The fourth-order valence-electron chi connectivity index (χ4n) is 1.60. The lowest BCUT2D eigenvalue weighted by Crippen LogP contribution is -2.17. The van der Waals surface area contributed by atoms with Crippen LogP contribution in [0.5, 0.6) is 5.75 Å². The summed E-state index contributed by atoms with van der Waals surface area (Å²) in [7, 11) is -3.85. The van der Waals surface area contributed by atoms with Crippen molar-refractivity contribution < 1.29 is 26.3 Å². The number of sulfonamides is 1. The van der Waals surface area contributed by atoms with E-state index in [4.69, 9.17) is 0 Å². The Kier molecular flexibility index (Phi) is 4.31. The first kappa shape index (κ1) is 16.1. The molecule has 1 aromatic heterocycles. The number of nitrogens with one attached hydrogen (secondary N) is 1. The predicted molar refractivity (Wildman–Crippen MR) is 71.8 cm³/mol. The molecule has 0 radical (unpaired) electrons. The number of rotatable bonds is 5. The molecule has 0 unspecified atom stereocenters. The van der Waals surface area contributed by atoms with Crippen molar-refractivity contribution in [3.05, 3.63) is 36.7 Å². The molecule has 2 aromatic rings. The van der Waals surface area contributed by atoms with Crippen molar-refractivity contribution in [2.75, 3.05) is 4.72 Å². The molecule has 0 aliphatic rings. The molecule has 0 aliphatic carbocycles. The lowest BCUT2D eigenvalue weighted by atomic mass is 10.3. The number of benzene rings is 1. The van der Waals surface area contributed by atoms with Crippen LogP contribution in [0.25, 0.3) is 0 Å². The number of alkyl halides is 3. The summed E-state index contributed by atoms with van der Waals surface area (Å²) >= 11 is 0. The SMILES string of the molecule is CCn1cc(S(=O)(=O)Nc2ccc(OC(F)(F)F)cc2)cn1. The number of hydrogen-bond acceptors (Lipinski definition) is 4. The minimum absolute atomic E-state index is 0.0371. The third kappa shape index (κ3) is 4.13. The number of halogens is 3. The normalized spacial score (nSPS) is 12.2. The second-order valence-electron chi connectivity index (χ2n) is 4.21. The topological polar surface area (TPSA) is 73.2 Å². The van der Waals surface area contributed by atoms with Gasteiger partial charge in [-0.15, -0.1) is 13.2 Å². The minimum atomic E-state index is -4.80. The number of nitrogens with zero attached hydrogens (tertiary/aromatic N) is 2. The van der Waals surface area contributed by atoms with Gasteiger partial charge in [0.25, 0.3) is 10.0 Å². The van der Waals surface area contributed by atoms with Crippen LogP contribution in [0.4, 0.5) is 18.9 Å². The maximum Gasteiger partial charge on any atom is 0.573 e. The van der Waals surface area contributed by atoms with E-state index in [2.05, 4.69) is 14.6 Å². The van der Waals surface area contributed by atoms with Gasteiger partial charge in [-0.1, -0.05) is 0 Å². The molecule has 0 fully saturated rings. The van der Waals surface area contributed by atoms with E-state index in [0.717, 1.165) is 12.1 Å². The van der Waals surface area contributed by atoms with Gasteiger partial charge in [0.1, 0.15) is 10.6 Å². The molecule has 1 heterocycles. The number of aromatic nitrogens is 2. The molecule has 0 spiro atoms. The summed E-state index contributed by atoms with van der Waals surface area (Å²) in [4.78, 5) is -0.0371. The second kappa shape index (κ2) is 5.87. The van der Waals surface area contributed by atoms with E-state index in [-0.39, 0.29) is 10.6 Å². The number of aryl methyl sites for hydroxylation is 1. The molecule has 1 aromatic carbocycles. The summed E-state index contributed by atoms with van der Waals surface area (Å²) in [5.74, 6) is -0.436. The van der Waals surface area contributed by atoms with Gasteiger partial charge in [0.05, 0.1) is 6.20 Å². The Bertz CT molecular complexity index is 739. The Hall–Kier alpha value is -2.23. The number of ether oxygens (including phenoxy) is 1. The summed E-state index contributed by atoms with van der Waals surface area (Å²) in [5.41, 5.74) is 0.110. The lowest BCUT2D eigenvalue weighted by Gasteiger charge is -2.10. The molecule has 0 atom stereocenters. The Morgan fingerprint density at radius 2 is 1.91 bits per heavy atom. The molecule has 0 saturated carbocycles. The Morgan fingerprint density at radius 3 is 2.41 bits per heavy atom. The number of anilines is 1. The molecule has 10 heteroatoms. The van der Waals surface area contributed by atoms with Crippen LogP contribution in [-0.2, 0) is 16.6 Å². The molecule has 0 amide bonds. The summed E-state index contributed by atoms with van der Waals surface area (Å²) in [6.45, 7) is 2.31. The van der Waals surface area contributed by atoms with Gasteiger partial charge in [0, 0.05) is 18.4 Å². The van der Waals surface area contributed by atoms with Crippen molar-refractivity contribution >= 4 is 15.7 Å². The first-order valence-corrected chi connectivity index (χ1v) is 7.59. The van der Waals surface area contributed by atoms with E-state index in [1.54, 1.807) is 6.92 Å². The van der Waals surface area contributed by atoms with Crippen LogP contribution >= 0.6 is 0 Å². The highest BCUT2D eigenvalue weighted by Gasteiger charge is 2.31. The smallest absolute Gasteiger partial charge is 0.406 e. The van der Waals surface area contributed by atoms with E-state index in [9.17, 15) is 21.6 Å². The minimum Gasteiger partial charge on any atom is -0.406 e. The largest absolute Gasteiger partial charge is 0.573 e. The maximum atomic E-state index is 12.1. The van der Waals surface area contributed by atoms with Crippen LogP contribution in [0.1, 0.15) is 6.92 Å². The standard InChI is InChI=1S/C12H12F3N3O3S/c1-2-18-8-11(7-16-18)22(19,20)17-9-3-5-10(6-4-9)21-12(13,14)15/h3-8,17H,2H2,1H3. The van der Waals surface area contributed by atoms with Crippen molar-refractivity contribution in [2.45, 2.75) is 24.7 Å². The highest BCUT2D eigenvalue weighted by molar-refractivity contribution is 7.92. The van der Waals surface area contributed by atoms with Gasteiger partial charge >= 0.3 is 6.36 Å². The van der Waals surface area contributed by atoms with E-state index in [1.807, 2.05) is 0 Å². The van der Waals surface area contributed by atoms with Gasteiger partial charge in [0.2, 0.25) is 0 Å². The molecule has 6 nitrogen and oxygen atoms in total. The zero-order valence-corrected chi connectivity index (χ0v) is 12.1. The Balaban J connectivity index is 2.13. The van der Waals surface area contributed by atoms with Gasteiger partial charge in [0.15, 0.2) is 0 Å². The van der Waals surface area contributed by atoms with Crippen molar-refractivity contribution in [2.24, 2.45) is 0 Å². The Morgan fingerprint density at radius 1 is 1.27 bits per heavy atom. The Labute approximate surface area is 124 Å². The van der Waals surface area contributed by atoms with Crippen molar-refractivity contribution in [1.29, 1.82) is 0 Å². The summed E-state index contributed by atoms with van der Waals surface area (Å²) < 4.78 is 67.6.